The van der Waals surface area contributed by atoms with Crippen LogP contribution >= 0.6 is 0 Å². The van der Waals surface area contributed by atoms with Crippen molar-refractivity contribution in [1.82, 2.24) is 9.97 Å². The molecular weight excluding hydrogens is 445 g/mol. The summed E-state index contributed by atoms with van der Waals surface area (Å²) >= 11 is 0. The maximum absolute atomic E-state index is 13.3. The quantitative estimate of drug-likeness (QED) is 0.437. The summed E-state index contributed by atoms with van der Waals surface area (Å²) in [4.78, 5) is 34.1. The number of nitrogens with one attached hydrogen (secondary N) is 1. The number of carbonyl (C=O) groups is 2. The molecule has 3 heterocycles. The van der Waals surface area contributed by atoms with Gasteiger partial charge in [0, 0.05) is 41.5 Å². The van der Waals surface area contributed by atoms with Crippen molar-refractivity contribution < 1.29 is 22.8 Å². The van der Waals surface area contributed by atoms with Crippen LogP contribution in [-0.2, 0) is 22.2 Å². The van der Waals surface area contributed by atoms with Gasteiger partial charge in [0.05, 0.1) is 23.2 Å². The average molecular weight is 462 g/mol. The monoisotopic (exact) mass is 462 g/mol. The molecule has 2 aromatic carbocycles. The van der Waals surface area contributed by atoms with E-state index in [1.54, 1.807) is 30.6 Å². The van der Waals surface area contributed by atoms with Crippen molar-refractivity contribution in [3.05, 3.63) is 78.1 Å². The number of pyridine rings is 2. The van der Waals surface area contributed by atoms with Crippen LogP contribution in [0.3, 0.4) is 0 Å². The summed E-state index contributed by atoms with van der Waals surface area (Å²) < 4.78 is 39.9. The fourth-order valence-corrected chi connectivity index (χ4v) is 4.07. The van der Waals surface area contributed by atoms with Crippen molar-refractivity contribution in [3.63, 3.8) is 0 Å². The van der Waals surface area contributed by atoms with E-state index in [0.29, 0.717) is 28.0 Å². The molecule has 1 aliphatic rings. The fourth-order valence-electron chi connectivity index (χ4n) is 4.07. The highest BCUT2D eigenvalue weighted by Gasteiger charge is 2.34. The molecule has 4 aromatic rings. The highest BCUT2D eigenvalue weighted by atomic mass is 19.4. The lowest BCUT2D eigenvalue weighted by molar-refractivity contribution is -0.137. The smallest absolute Gasteiger partial charge is 0.311 e. The molecule has 0 unspecified atom stereocenters. The Bertz CT molecular complexity index is 1450. The molecular formula is C25H17F3N4O2. The second-order valence-electron chi connectivity index (χ2n) is 7.93. The van der Waals surface area contributed by atoms with Crippen molar-refractivity contribution in [2.75, 3.05) is 10.2 Å². The maximum atomic E-state index is 13.3. The van der Waals surface area contributed by atoms with Crippen LogP contribution in [0.1, 0.15) is 18.1 Å². The number of hydrogen-bond donors (Lipinski definition) is 1. The summed E-state index contributed by atoms with van der Waals surface area (Å²) in [5.41, 5.74) is 2.66. The van der Waals surface area contributed by atoms with Gasteiger partial charge < -0.3 is 5.32 Å². The number of anilines is 3. The van der Waals surface area contributed by atoms with Crippen molar-refractivity contribution in [2.24, 2.45) is 0 Å². The largest absolute Gasteiger partial charge is 0.416 e. The standard InChI is InChI=1S/C25H17F3N4O2/c1-14(33)31-22-8-6-16(12-30-22)15-5-7-21-20(9-15)24-17(13-29-21)10-23(34)32(24)19-4-2-3-18(11-19)25(26,27)28/h2-9,11-13H,10H2,1H3,(H,30,31,33). The summed E-state index contributed by atoms with van der Waals surface area (Å²) in [6, 6.07) is 13.7. The number of carbonyl (C=O) groups excluding carboxylic acids is 2. The van der Waals surface area contributed by atoms with Gasteiger partial charge in [-0.3, -0.25) is 19.5 Å². The Labute approximate surface area is 192 Å². The van der Waals surface area contributed by atoms with Crippen LogP contribution in [0.25, 0.3) is 22.0 Å². The van der Waals surface area contributed by atoms with Gasteiger partial charge in [-0.15, -0.1) is 0 Å². The van der Waals surface area contributed by atoms with Crippen LogP contribution in [0, 0.1) is 0 Å². The first-order valence-corrected chi connectivity index (χ1v) is 10.4. The molecule has 0 spiro atoms. The van der Waals surface area contributed by atoms with Gasteiger partial charge in [0.2, 0.25) is 11.8 Å². The third kappa shape index (κ3) is 3.85. The van der Waals surface area contributed by atoms with Crippen LogP contribution in [-0.4, -0.2) is 21.8 Å². The number of nitrogens with zero attached hydrogens (tertiary/aromatic N) is 3. The zero-order chi connectivity index (χ0) is 24.0. The molecule has 1 N–H and O–H groups in total. The number of rotatable bonds is 3. The maximum Gasteiger partial charge on any atom is 0.416 e. The lowest BCUT2D eigenvalue weighted by Crippen LogP contribution is -2.21. The van der Waals surface area contributed by atoms with Crippen molar-refractivity contribution in [1.29, 1.82) is 0 Å². The van der Waals surface area contributed by atoms with E-state index in [9.17, 15) is 22.8 Å². The van der Waals surface area contributed by atoms with E-state index in [1.807, 2.05) is 12.1 Å². The number of alkyl halides is 3. The van der Waals surface area contributed by atoms with Crippen LogP contribution in [0.5, 0.6) is 0 Å². The molecule has 0 saturated heterocycles. The Balaban J connectivity index is 1.62. The summed E-state index contributed by atoms with van der Waals surface area (Å²) in [5.74, 6) is -0.136. The minimum Gasteiger partial charge on any atom is -0.311 e. The van der Waals surface area contributed by atoms with Gasteiger partial charge >= 0.3 is 6.18 Å². The predicted octanol–water partition coefficient (Wildman–Crippen LogP) is 5.49. The highest BCUT2D eigenvalue weighted by molar-refractivity contribution is 6.14. The third-order valence-electron chi connectivity index (χ3n) is 5.56. The number of amides is 2. The summed E-state index contributed by atoms with van der Waals surface area (Å²) in [7, 11) is 0. The molecule has 0 fully saturated rings. The van der Waals surface area contributed by atoms with E-state index in [2.05, 4.69) is 15.3 Å². The Morgan fingerprint density at radius 3 is 2.50 bits per heavy atom. The third-order valence-corrected chi connectivity index (χ3v) is 5.56. The normalized spacial score (nSPS) is 13.3. The molecule has 0 saturated carbocycles. The molecule has 0 bridgehead atoms. The molecule has 6 nitrogen and oxygen atoms in total. The first kappa shape index (κ1) is 21.6. The van der Waals surface area contributed by atoms with E-state index in [1.165, 1.54) is 24.0 Å². The molecule has 2 aromatic heterocycles. The second-order valence-corrected chi connectivity index (χ2v) is 7.93. The van der Waals surface area contributed by atoms with Crippen LogP contribution < -0.4 is 10.2 Å². The Morgan fingerprint density at radius 1 is 1.00 bits per heavy atom. The van der Waals surface area contributed by atoms with Crippen molar-refractivity contribution in [2.45, 2.75) is 19.5 Å². The first-order chi connectivity index (χ1) is 16.2. The SMILES string of the molecule is CC(=O)Nc1ccc(-c2ccc3ncc4c(c3c2)N(c2cccc(C(F)(F)F)c2)C(=O)C4)cn1. The minimum absolute atomic E-state index is 0.0473. The number of hydrogen-bond acceptors (Lipinski definition) is 4. The van der Waals surface area contributed by atoms with E-state index < -0.39 is 11.7 Å². The molecule has 0 atom stereocenters. The van der Waals surface area contributed by atoms with E-state index in [0.717, 1.165) is 23.3 Å². The van der Waals surface area contributed by atoms with Crippen molar-refractivity contribution >= 4 is 39.9 Å². The van der Waals surface area contributed by atoms with Gasteiger partial charge in [-0.1, -0.05) is 12.1 Å². The topological polar surface area (TPSA) is 75.2 Å². The summed E-state index contributed by atoms with van der Waals surface area (Å²) in [5, 5.41) is 3.25. The number of fused-ring (bicyclic) bond motifs is 3. The van der Waals surface area contributed by atoms with E-state index in [4.69, 9.17) is 0 Å². The van der Waals surface area contributed by atoms with Gasteiger partial charge in [-0.05, 0) is 48.0 Å². The zero-order valence-corrected chi connectivity index (χ0v) is 17.8. The molecule has 5 rings (SSSR count). The first-order valence-electron chi connectivity index (χ1n) is 10.4. The van der Waals surface area contributed by atoms with Gasteiger partial charge in [0.25, 0.3) is 0 Å². The minimum atomic E-state index is -4.52. The molecule has 9 heteroatoms. The van der Waals surface area contributed by atoms with Gasteiger partial charge in [-0.2, -0.15) is 13.2 Å². The van der Waals surface area contributed by atoms with E-state index >= 15 is 0 Å². The fraction of sp³-hybridized carbons (Fsp3) is 0.120. The molecule has 0 radical (unpaired) electrons. The van der Waals surface area contributed by atoms with Gasteiger partial charge in [0.15, 0.2) is 0 Å². The van der Waals surface area contributed by atoms with Crippen LogP contribution in [0.15, 0.2) is 67.0 Å². The van der Waals surface area contributed by atoms with Gasteiger partial charge in [0.1, 0.15) is 5.82 Å². The lowest BCUT2D eigenvalue weighted by atomic mass is 10.0. The molecule has 1 aliphatic heterocycles. The van der Waals surface area contributed by atoms with Crippen LogP contribution in [0.4, 0.5) is 30.4 Å². The van der Waals surface area contributed by atoms with Crippen molar-refractivity contribution in [3.8, 4) is 11.1 Å². The lowest BCUT2D eigenvalue weighted by Gasteiger charge is -2.21. The number of benzene rings is 2. The van der Waals surface area contributed by atoms with E-state index in [-0.39, 0.29) is 23.9 Å². The predicted molar refractivity (Wildman–Crippen MR) is 122 cm³/mol. The molecule has 0 aliphatic carbocycles. The highest BCUT2D eigenvalue weighted by Crippen LogP contribution is 2.42. The molecule has 34 heavy (non-hydrogen) atoms. The Hall–Kier alpha value is -4.27. The summed E-state index contributed by atoms with van der Waals surface area (Å²) in [6.07, 6.45) is -1.28. The molecule has 2 amide bonds. The summed E-state index contributed by atoms with van der Waals surface area (Å²) in [6.45, 7) is 1.39. The average Bonchev–Trinajstić information content (AvgIpc) is 3.14. The number of halogens is 3. The Kier molecular flexibility index (Phi) is 5.04. The Morgan fingerprint density at radius 2 is 1.79 bits per heavy atom. The number of aromatic nitrogens is 2. The zero-order valence-electron chi connectivity index (χ0n) is 17.8. The second kappa shape index (κ2) is 7.95. The molecule has 170 valence electrons. The van der Waals surface area contributed by atoms with Crippen LogP contribution in [0.2, 0.25) is 0 Å². The van der Waals surface area contributed by atoms with Gasteiger partial charge in [-0.25, -0.2) is 4.98 Å².